The third-order valence-corrected chi connectivity index (χ3v) is 4.33. The van der Waals surface area contributed by atoms with Crippen molar-refractivity contribution in [1.82, 2.24) is 9.80 Å². The zero-order valence-electron chi connectivity index (χ0n) is 14.6. The van der Waals surface area contributed by atoms with Crippen molar-refractivity contribution >= 4 is 11.8 Å². The van der Waals surface area contributed by atoms with Crippen LogP contribution >= 0.6 is 0 Å². The Labute approximate surface area is 145 Å². The van der Waals surface area contributed by atoms with E-state index in [2.05, 4.69) is 0 Å². The van der Waals surface area contributed by atoms with Gasteiger partial charge in [-0.1, -0.05) is 26.0 Å². The SMILES string of the molecule is CCN1CC(=O)N(Cc2ccc(C(F)(F)F)cc2)[C@@H](CC(C)C)C1=O. The van der Waals surface area contributed by atoms with E-state index in [0.29, 0.717) is 18.5 Å². The van der Waals surface area contributed by atoms with Crippen LogP contribution < -0.4 is 0 Å². The van der Waals surface area contributed by atoms with Gasteiger partial charge < -0.3 is 9.80 Å². The van der Waals surface area contributed by atoms with Gasteiger partial charge in [-0.3, -0.25) is 9.59 Å². The van der Waals surface area contributed by atoms with E-state index in [-0.39, 0.29) is 30.8 Å². The minimum absolute atomic E-state index is 0.0184. The molecule has 25 heavy (non-hydrogen) atoms. The average molecular weight is 356 g/mol. The van der Waals surface area contributed by atoms with Gasteiger partial charge in [-0.25, -0.2) is 0 Å². The van der Waals surface area contributed by atoms with Crippen LogP contribution in [0, 0.1) is 5.92 Å². The lowest BCUT2D eigenvalue weighted by Crippen LogP contribution is -2.59. The molecule has 1 saturated heterocycles. The number of carbonyl (C=O) groups excluding carboxylic acids is 2. The molecule has 0 unspecified atom stereocenters. The lowest BCUT2D eigenvalue weighted by atomic mass is 9.98. The second kappa shape index (κ2) is 7.45. The lowest BCUT2D eigenvalue weighted by molar-refractivity contribution is -0.157. The van der Waals surface area contributed by atoms with Gasteiger partial charge in [-0.05, 0) is 37.0 Å². The van der Waals surface area contributed by atoms with Gasteiger partial charge in [0.2, 0.25) is 11.8 Å². The summed E-state index contributed by atoms with van der Waals surface area (Å²) in [6, 6.07) is 4.16. The number of amides is 2. The Kier molecular flexibility index (Phi) is 5.75. The average Bonchev–Trinajstić information content (AvgIpc) is 2.53. The molecule has 2 amide bonds. The van der Waals surface area contributed by atoms with Crippen molar-refractivity contribution in [2.45, 2.75) is 46.0 Å². The van der Waals surface area contributed by atoms with E-state index in [1.807, 2.05) is 20.8 Å². The minimum atomic E-state index is -4.39. The summed E-state index contributed by atoms with van der Waals surface area (Å²) in [6.45, 7) is 6.39. The van der Waals surface area contributed by atoms with Crippen molar-refractivity contribution in [3.8, 4) is 0 Å². The van der Waals surface area contributed by atoms with Crippen LogP contribution in [0.2, 0.25) is 0 Å². The second-order valence-corrected chi connectivity index (χ2v) is 6.71. The first-order chi connectivity index (χ1) is 11.6. The van der Waals surface area contributed by atoms with Crippen molar-refractivity contribution in [2.24, 2.45) is 5.92 Å². The predicted molar refractivity (Wildman–Crippen MR) is 87.5 cm³/mol. The Balaban J connectivity index is 2.22. The van der Waals surface area contributed by atoms with Crippen LogP contribution in [0.15, 0.2) is 24.3 Å². The summed E-state index contributed by atoms with van der Waals surface area (Å²) in [6.07, 6.45) is -3.86. The first-order valence-corrected chi connectivity index (χ1v) is 8.37. The maximum Gasteiger partial charge on any atom is 0.416 e. The van der Waals surface area contributed by atoms with E-state index in [0.717, 1.165) is 12.1 Å². The fourth-order valence-corrected chi connectivity index (χ4v) is 2.99. The van der Waals surface area contributed by atoms with Crippen LogP contribution in [0.4, 0.5) is 13.2 Å². The zero-order chi connectivity index (χ0) is 18.8. The molecule has 0 aliphatic carbocycles. The Morgan fingerprint density at radius 2 is 1.76 bits per heavy atom. The highest BCUT2D eigenvalue weighted by atomic mass is 19.4. The topological polar surface area (TPSA) is 40.6 Å². The van der Waals surface area contributed by atoms with Gasteiger partial charge in [0.25, 0.3) is 0 Å². The van der Waals surface area contributed by atoms with E-state index >= 15 is 0 Å². The Hall–Kier alpha value is -2.05. The normalized spacial score (nSPS) is 19.1. The summed E-state index contributed by atoms with van der Waals surface area (Å²) in [5.74, 6) is -0.0524. The quantitative estimate of drug-likeness (QED) is 0.812. The number of nitrogens with zero attached hydrogens (tertiary/aromatic N) is 2. The van der Waals surface area contributed by atoms with Gasteiger partial charge >= 0.3 is 6.18 Å². The van der Waals surface area contributed by atoms with E-state index in [1.54, 1.807) is 0 Å². The van der Waals surface area contributed by atoms with E-state index < -0.39 is 17.8 Å². The molecule has 0 N–H and O–H groups in total. The molecule has 1 atom stereocenters. The number of carbonyl (C=O) groups is 2. The molecule has 1 heterocycles. The molecule has 1 aromatic rings. The maximum absolute atomic E-state index is 12.7. The van der Waals surface area contributed by atoms with Crippen LogP contribution in [0.5, 0.6) is 0 Å². The lowest BCUT2D eigenvalue weighted by Gasteiger charge is -2.40. The number of hydrogen-bond acceptors (Lipinski definition) is 2. The van der Waals surface area contributed by atoms with Crippen LogP contribution in [0.25, 0.3) is 0 Å². The molecule has 138 valence electrons. The molecule has 1 aliphatic rings. The summed E-state index contributed by atoms with van der Waals surface area (Å²) in [4.78, 5) is 28.1. The molecule has 0 saturated carbocycles. The van der Waals surface area contributed by atoms with Crippen LogP contribution in [-0.4, -0.2) is 40.7 Å². The third-order valence-electron chi connectivity index (χ3n) is 4.33. The van der Waals surface area contributed by atoms with Gasteiger partial charge in [0.15, 0.2) is 0 Å². The Morgan fingerprint density at radius 3 is 2.24 bits per heavy atom. The number of hydrogen-bond donors (Lipinski definition) is 0. The first kappa shape index (κ1) is 19.3. The molecule has 1 aromatic carbocycles. The number of alkyl halides is 3. The van der Waals surface area contributed by atoms with Crippen molar-refractivity contribution in [1.29, 1.82) is 0 Å². The zero-order valence-corrected chi connectivity index (χ0v) is 14.6. The van der Waals surface area contributed by atoms with E-state index in [4.69, 9.17) is 0 Å². The largest absolute Gasteiger partial charge is 0.416 e. The molecule has 0 bridgehead atoms. The Morgan fingerprint density at radius 1 is 1.16 bits per heavy atom. The fourth-order valence-electron chi connectivity index (χ4n) is 2.99. The summed E-state index contributed by atoms with van der Waals surface area (Å²) >= 11 is 0. The number of rotatable bonds is 5. The molecular formula is C18H23F3N2O2. The van der Waals surface area contributed by atoms with Gasteiger partial charge in [-0.15, -0.1) is 0 Å². The molecule has 0 spiro atoms. The highest BCUT2D eigenvalue weighted by Gasteiger charge is 2.39. The van der Waals surface area contributed by atoms with Gasteiger partial charge in [-0.2, -0.15) is 13.2 Å². The molecule has 1 fully saturated rings. The Bertz CT molecular complexity index is 626. The molecule has 2 rings (SSSR count). The maximum atomic E-state index is 12.7. The molecule has 0 aromatic heterocycles. The van der Waals surface area contributed by atoms with E-state index in [9.17, 15) is 22.8 Å². The van der Waals surface area contributed by atoms with Crippen molar-refractivity contribution < 1.29 is 22.8 Å². The van der Waals surface area contributed by atoms with Crippen molar-refractivity contribution in [2.75, 3.05) is 13.1 Å². The second-order valence-electron chi connectivity index (χ2n) is 6.71. The van der Waals surface area contributed by atoms with Gasteiger partial charge in [0.05, 0.1) is 12.1 Å². The number of benzene rings is 1. The van der Waals surface area contributed by atoms with Crippen LogP contribution in [0.1, 0.15) is 38.3 Å². The monoisotopic (exact) mass is 356 g/mol. The van der Waals surface area contributed by atoms with Crippen molar-refractivity contribution in [3.05, 3.63) is 35.4 Å². The molecule has 1 aliphatic heterocycles. The van der Waals surface area contributed by atoms with Crippen LogP contribution in [-0.2, 0) is 22.3 Å². The standard InChI is InChI=1S/C18H23F3N2O2/c1-4-22-11-16(24)23(15(17(22)25)9-12(2)3)10-13-5-7-14(8-6-13)18(19,20)21/h5-8,12,15H,4,9-11H2,1-3H3/t15-/m0/s1. The summed E-state index contributed by atoms with van der Waals surface area (Å²) < 4.78 is 38.0. The van der Waals surface area contributed by atoms with Gasteiger partial charge in [0.1, 0.15) is 6.04 Å². The smallest absolute Gasteiger partial charge is 0.332 e. The van der Waals surface area contributed by atoms with Crippen molar-refractivity contribution in [3.63, 3.8) is 0 Å². The highest BCUT2D eigenvalue weighted by Crippen LogP contribution is 2.29. The van der Waals surface area contributed by atoms with E-state index in [1.165, 1.54) is 21.9 Å². The first-order valence-electron chi connectivity index (χ1n) is 8.37. The fraction of sp³-hybridized carbons (Fsp3) is 0.556. The summed E-state index contributed by atoms with van der Waals surface area (Å²) in [7, 11) is 0. The third kappa shape index (κ3) is 4.52. The van der Waals surface area contributed by atoms with Crippen LogP contribution in [0.3, 0.4) is 0 Å². The minimum Gasteiger partial charge on any atom is -0.332 e. The highest BCUT2D eigenvalue weighted by molar-refractivity contribution is 5.94. The molecule has 0 radical (unpaired) electrons. The predicted octanol–water partition coefficient (Wildman–Crippen LogP) is 3.31. The molecule has 7 heteroatoms. The number of halogens is 3. The molecular weight excluding hydrogens is 333 g/mol. The summed E-state index contributed by atoms with van der Waals surface area (Å²) in [5.41, 5.74) is -0.152. The number of likely N-dealkylation sites (N-methyl/N-ethyl adjacent to an activating group) is 1. The van der Waals surface area contributed by atoms with Gasteiger partial charge in [0, 0.05) is 13.1 Å². The molecule has 4 nitrogen and oxygen atoms in total. The summed E-state index contributed by atoms with van der Waals surface area (Å²) in [5, 5.41) is 0. The number of piperazine rings is 1.